The van der Waals surface area contributed by atoms with E-state index < -0.39 is 0 Å². The molecule has 22 heavy (non-hydrogen) atoms. The van der Waals surface area contributed by atoms with Crippen molar-refractivity contribution >= 4 is 17.7 Å². The van der Waals surface area contributed by atoms with Gasteiger partial charge in [0.05, 0.1) is 5.25 Å². The van der Waals surface area contributed by atoms with Gasteiger partial charge in [-0.3, -0.25) is 4.79 Å². The van der Waals surface area contributed by atoms with E-state index in [2.05, 4.69) is 27.6 Å². The van der Waals surface area contributed by atoms with Crippen LogP contribution in [0.3, 0.4) is 0 Å². The van der Waals surface area contributed by atoms with E-state index in [0.29, 0.717) is 0 Å². The highest BCUT2D eigenvalue weighted by Gasteiger charge is 2.18. The predicted octanol–water partition coefficient (Wildman–Crippen LogP) is 2.43. The second-order valence-electron chi connectivity index (χ2n) is 5.42. The summed E-state index contributed by atoms with van der Waals surface area (Å²) in [5.41, 5.74) is 1.30. The van der Waals surface area contributed by atoms with Gasteiger partial charge in [0.2, 0.25) is 5.91 Å². The smallest absolute Gasteiger partial charge is 0.233 e. The molecule has 0 bridgehead atoms. The van der Waals surface area contributed by atoms with Gasteiger partial charge in [-0.2, -0.15) is 0 Å². The zero-order valence-electron chi connectivity index (χ0n) is 13.2. The molecule has 2 rings (SSSR count). The summed E-state index contributed by atoms with van der Waals surface area (Å²) in [6.45, 7) is 3.93. The summed E-state index contributed by atoms with van der Waals surface area (Å²) in [4.78, 5) is 12.2. The molecule has 1 aromatic heterocycles. The monoisotopic (exact) mass is 318 g/mol. The summed E-state index contributed by atoms with van der Waals surface area (Å²) in [6, 6.07) is 10.5. The Kier molecular flexibility index (Phi) is 6.00. The lowest BCUT2D eigenvalue weighted by Gasteiger charge is -2.17. The number of aromatic nitrogens is 3. The maximum atomic E-state index is 12.2. The van der Waals surface area contributed by atoms with E-state index in [1.807, 2.05) is 43.7 Å². The van der Waals surface area contributed by atoms with Crippen molar-refractivity contribution in [2.24, 2.45) is 7.05 Å². The number of aryl methyl sites for hydroxylation is 2. The Bertz CT molecular complexity index is 599. The van der Waals surface area contributed by atoms with Crippen molar-refractivity contribution in [1.29, 1.82) is 0 Å². The number of amides is 1. The molecule has 0 aliphatic carbocycles. The number of benzene rings is 1. The molecule has 5 nitrogen and oxygen atoms in total. The molecule has 1 heterocycles. The van der Waals surface area contributed by atoms with Gasteiger partial charge in [-0.25, -0.2) is 0 Å². The fraction of sp³-hybridized carbons (Fsp3) is 0.438. The summed E-state index contributed by atoms with van der Waals surface area (Å²) in [6.07, 6.45) is 3.53. The molecule has 1 amide bonds. The highest BCUT2D eigenvalue weighted by Crippen LogP contribution is 2.20. The van der Waals surface area contributed by atoms with Crippen LogP contribution in [0.25, 0.3) is 0 Å². The topological polar surface area (TPSA) is 59.8 Å². The quantitative estimate of drug-likeness (QED) is 0.797. The van der Waals surface area contributed by atoms with Crippen molar-refractivity contribution in [2.75, 3.05) is 0 Å². The molecule has 0 aliphatic heterocycles. The Labute approximate surface area is 135 Å². The molecule has 0 fully saturated rings. The molecule has 2 atom stereocenters. The number of carbonyl (C=O) groups is 1. The van der Waals surface area contributed by atoms with Gasteiger partial charge in [-0.1, -0.05) is 42.1 Å². The van der Waals surface area contributed by atoms with Crippen LogP contribution in [0.1, 0.15) is 25.8 Å². The van der Waals surface area contributed by atoms with Gasteiger partial charge in [0.15, 0.2) is 5.16 Å². The highest BCUT2D eigenvalue weighted by atomic mass is 32.2. The zero-order valence-corrected chi connectivity index (χ0v) is 14.0. The Morgan fingerprint density at radius 3 is 2.68 bits per heavy atom. The van der Waals surface area contributed by atoms with Crippen LogP contribution in [0.5, 0.6) is 0 Å². The van der Waals surface area contributed by atoms with Crippen LogP contribution in [0.15, 0.2) is 41.8 Å². The zero-order chi connectivity index (χ0) is 15.9. The number of thioether (sulfide) groups is 1. The lowest BCUT2D eigenvalue weighted by molar-refractivity contribution is -0.120. The average molecular weight is 318 g/mol. The lowest BCUT2D eigenvalue weighted by atomic mass is 10.1. The first-order valence-electron chi connectivity index (χ1n) is 7.41. The van der Waals surface area contributed by atoms with E-state index in [-0.39, 0.29) is 17.2 Å². The third-order valence-corrected chi connectivity index (χ3v) is 4.57. The lowest BCUT2D eigenvalue weighted by Crippen LogP contribution is -2.38. The SMILES string of the molecule is CC(CCc1ccccc1)NC(=O)C(C)Sc1nncn1C. The molecule has 0 radical (unpaired) electrons. The van der Waals surface area contributed by atoms with Crippen LogP contribution in [0.2, 0.25) is 0 Å². The summed E-state index contributed by atoms with van der Waals surface area (Å²) in [7, 11) is 1.87. The van der Waals surface area contributed by atoms with Gasteiger partial charge < -0.3 is 9.88 Å². The van der Waals surface area contributed by atoms with E-state index in [1.165, 1.54) is 17.3 Å². The molecule has 1 aromatic carbocycles. The summed E-state index contributed by atoms with van der Waals surface area (Å²) in [5.74, 6) is 0.0357. The number of nitrogens with zero attached hydrogens (tertiary/aromatic N) is 3. The number of hydrogen-bond donors (Lipinski definition) is 1. The molecule has 1 N–H and O–H groups in total. The minimum atomic E-state index is -0.193. The summed E-state index contributed by atoms with van der Waals surface area (Å²) in [5, 5.41) is 11.4. The van der Waals surface area contributed by atoms with E-state index in [4.69, 9.17) is 0 Å². The first-order valence-corrected chi connectivity index (χ1v) is 8.29. The number of rotatable bonds is 7. The third kappa shape index (κ3) is 4.87. The predicted molar refractivity (Wildman–Crippen MR) is 88.7 cm³/mol. The van der Waals surface area contributed by atoms with Crippen molar-refractivity contribution in [3.8, 4) is 0 Å². The van der Waals surface area contributed by atoms with Gasteiger partial charge in [0.1, 0.15) is 6.33 Å². The van der Waals surface area contributed by atoms with Gasteiger partial charge in [0, 0.05) is 13.1 Å². The molecular weight excluding hydrogens is 296 g/mol. The molecule has 0 saturated heterocycles. The van der Waals surface area contributed by atoms with Crippen LogP contribution in [-0.4, -0.2) is 32.0 Å². The molecule has 6 heteroatoms. The Morgan fingerprint density at radius 1 is 1.32 bits per heavy atom. The second-order valence-corrected chi connectivity index (χ2v) is 6.73. The number of carbonyl (C=O) groups excluding carboxylic acids is 1. The number of nitrogens with one attached hydrogen (secondary N) is 1. The molecular formula is C16H22N4OS. The van der Waals surface area contributed by atoms with Gasteiger partial charge in [0.25, 0.3) is 0 Å². The van der Waals surface area contributed by atoms with E-state index in [9.17, 15) is 4.79 Å². The third-order valence-electron chi connectivity index (χ3n) is 3.42. The van der Waals surface area contributed by atoms with Crippen LogP contribution >= 0.6 is 11.8 Å². The first kappa shape index (κ1) is 16.5. The van der Waals surface area contributed by atoms with E-state index >= 15 is 0 Å². The van der Waals surface area contributed by atoms with Gasteiger partial charge in [-0.15, -0.1) is 10.2 Å². The van der Waals surface area contributed by atoms with Crippen LogP contribution in [0, 0.1) is 0 Å². The standard InChI is InChI=1S/C16H22N4OS/c1-12(9-10-14-7-5-4-6-8-14)18-15(21)13(2)22-16-19-17-11-20(16)3/h4-8,11-13H,9-10H2,1-3H3,(H,18,21). The van der Waals surface area contributed by atoms with Crippen molar-refractivity contribution in [2.45, 2.75) is 43.1 Å². The van der Waals surface area contributed by atoms with Crippen molar-refractivity contribution in [1.82, 2.24) is 20.1 Å². The van der Waals surface area contributed by atoms with Crippen LogP contribution in [0.4, 0.5) is 0 Å². The highest BCUT2D eigenvalue weighted by molar-refractivity contribution is 8.00. The van der Waals surface area contributed by atoms with Crippen LogP contribution in [-0.2, 0) is 18.3 Å². The maximum absolute atomic E-state index is 12.2. The Morgan fingerprint density at radius 2 is 2.05 bits per heavy atom. The van der Waals surface area contributed by atoms with E-state index in [1.54, 1.807) is 6.33 Å². The van der Waals surface area contributed by atoms with Crippen LogP contribution < -0.4 is 5.32 Å². The van der Waals surface area contributed by atoms with Gasteiger partial charge >= 0.3 is 0 Å². The maximum Gasteiger partial charge on any atom is 0.233 e. The minimum Gasteiger partial charge on any atom is -0.353 e. The molecule has 0 spiro atoms. The molecule has 0 aliphatic rings. The second kappa shape index (κ2) is 7.98. The summed E-state index contributed by atoms with van der Waals surface area (Å²) < 4.78 is 1.81. The van der Waals surface area contributed by atoms with Crippen molar-refractivity contribution in [3.05, 3.63) is 42.2 Å². The fourth-order valence-electron chi connectivity index (χ4n) is 2.05. The molecule has 2 unspecified atom stereocenters. The van der Waals surface area contributed by atoms with Gasteiger partial charge in [-0.05, 0) is 32.3 Å². The molecule has 118 valence electrons. The minimum absolute atomic E-state index is 0.0357. The average Bonchev–Trinajstić information content (AvgIpc) is 2.91. The fourth-order valence-corrected chi connectivity index (χ4v) is 2.85. The normalized spacial score (nSPS) is 13.6. The Hall–Kier alpha value is -1.82. The molecule has 2 aromatic rings. The van der Waals surface area contributed by atoms with Crippen molar-refractivity contribution in [3.63, 3.8) is 0 Å². The first-order chi connectivity index (χ1) is 10.6. The largest absolute Gasteiger partial charge is 0.353 e. The molecule has 0 saturated carbocycles. The number of hydrogen-bond acceptors (Lipinski definition) is 4. The summed E-state index contributed by atoms with van der Waals surface area (Å²) >= 11 is 1.42. The Balaban J connectivity index is 1.77. The van der Waals surface area contributed by atoms with E-state index in [0.717, 1.165) is 18.0 Å². The van der Waals surface area contributed by atoms with Crippen molar-refractivity contribution < 1.29 is 4.79 Å².